The van der Waals surface area contributed by atoms with Crippen LogP contribution < -0.4 is 16.7 Å². The van der Waals surface area contributed by atoms with E-state index in [9.17, 15) is 9.18 Å². The van der Waals surface area contributed by atoms with Crippen LogP contribution in [0.4, 0.5) is 14.9 Å². The van der Waals surface area contributed by atoms with E-state index in [0.717, 1.165) is 26.7 Å². The zero-order valence-electron chi connectivity index (χ0n) is 14.0. The Kier molecular flexibility index (Phi) is 5.33. The smallest absolute Gasteiger partial charge is 0.264 e. The predicted octanol–water partition coefficient (Wildman–Crippen LogP) is 3.22. The topological polar surface area (TPSA) is 75.6 Å². The molecule has 0 aliphatic rings. The third-order valence-electron chi connectivity index (χ3n) is 3.81. The van der Waals surface area contributed by atoms with Crippen LogP contribution in [-0.2, 0) is 0 Å². The molecule has 0 saturated heterocycles. The Morgan fingerprint density at radius 2 is 1.75 bits per heavy atom. The second-order valence-electron chi connectivity index (χ2n) is 5.56. The van der Waals surface area contributed by atoms with E-state index in [4.69, 9.17) is 11.7 Å². The number of urea groups is 1. The molecular formula is C18H21FN4O. The molecule has 2 amide bonds. The minimum Gasteiger partial charge on any atom is -0.264 e. The Morgan fingerprint density at radius 3 is 2.42 bits per heavy atom. The highest BCUT2D eigenvalue weighted by atomic mass is 19.1. The highest BCUT2D eigenvalue weighted by Gasteiger charge is 2.17. The molecule has 4 N–H and O–H groups in total. The van der Waals surface area contributed by atoms with Gasteiger partial charge in [0.15, 0.2) is 0 Å². The molecule has 0 atom stereocenters. The number of benzene rings is 2. The lowest BCUT2D eigenvalue weighted by Gasteiger charge is -2.23. The van der Waals surface area contributed by atoms with Crippen molar-refractivity contribution in [1.29, 1.82) is 0 Å². The normalized spacial score (nSPS) is 10.9. The zero-order chi connectivity index (χ0) is 17.9. The minimum absolute atomic E-state index is 0.262. The highest BCUT2D eigenvalue weighted by Crippen LogP contribution is 2.25. The van der Waals surface area contributed by atoms with Gasteiger partial charge in [-0.15, -0.1) is 0 Å². The van der Waals surface area contributed by atoms with Crippen molar-refractivity contribution >= 4 is 23.9 Å². The third-order valence-corrected chi connectivity index (χ3v) is 3.81. The van der Waals surface area contributed by atoms with Crippen molar-refractivity contribution in [1.82, 2.24) is 5.01 Å². The quantitative estimate of drug-likeness (QED) is 0.393. The van der Waals surface area contributed by atoms with E-state index in [-0.39, 0.29) is 5.82 Å². The number of amides is 2. The molecule has 2 aromatic rings. The fourth-order valence-corrected chi connectivity index (χ4v) is 2.34. The van der Waals surface area contributed by atoms with Gasteiger partial charge in [-0.25, -0.2) is 25.9 Å². The summed E-state index contributed by atoms with van der Waals surface area (Å²) >= 11 is 0. The first-order chi connectivity index (χ1) is 11.3. The lowest BCUT2D eigenvalue weighted by molar-refractivity contribution is 0.216. The van der Waals surface area contributed by atoms with Crippen molar-refractivity contribution in [2.24, 2.45) is 11.7 Å². The first-order valence-corrected chi connectivity index (χ1v) is 7.43. The summed E-state index contributed by atoms with van der Waals surface area (Å²) in [4.78, 5) is 12.0. The van der Waals surface area contributed by atoms with Crippen LogP contribution in [-0.4, -0.2) is 18.1 Å². The van der Waals surface area contributed by atoms with Gasteiger partial charge in [0, 0.05) is 12.6 Å². The van der Waals surface area contributed by atoms with Gasteiger partial charge in [0.2, 0.25) is 0 Å². The SMILES string of the molecule is Cc1cccc(N(N)C(=O)N(C)N)c1/C=C/c1cccc(F)c1C. The second kappa shape index (κ2) is 7.25. The van der Waals surface area contributed by atoms with E-state index in [1.807, 2.05) is 25.1 Å². The Balaban J connectivity index is 2.45. The molecule has 0 aliphatic heterocycles. The number of halogens is 1. The first kappa shape index (κ1) is 17.7. The van der Waals surface area contributed by atoms with E-state index in [0.29, 0.717) is 11.3 Å². The van der Waals surface area contributed by atoms with Crippen molar-refractivity contribution in [2.75, 3.05) is 12.1 Å². The molecule has 0 radical (unpaired) electrons. The summed E-state index contributed by atoms with van der Waals surface area (Å²) in [5.41, 5.74) is 3.53. The van der Waals surface area contributed by atoms with E-state index < -0.39 is 6.03 Å². The van der Waals surface area contributed by atoms with E-state index in [1.165, 1.54) is 13.1 Å². The van der Waals surface area contributed by atoms with Crippen LogP contribution in [0.25, 0.3) is 12.2 Å². The van der Waals surface area contributed by atoms with Crippen LogP contribution in [0.5, 0.6) is 0 Å². The van der Waals surface area contributed by atoms with Crippen LogP contribution in [0.1, 0.15) is 22.3 Å². The Bertz CT molecular complexity index is 787. The minimum atomic E-state index is -0.544. The summed E-state index contributed by atoms with van der Waals surface area (Å²) in [6.45, 7) is 3.63. The molecular weight excluding hydrogens is 307 g/mol. The molecule has 2 rings (SSSR count). The van der Waals surface area contributed by atoms with Gasteiger partial charge in [-0.05, 0) is 42.7 Å². The molecule has 0 aliphatic carbocycles. The fraction of sp³-hybridized carbons (Fsp3) is 0.167. The van der Waals surface area contributed by atoms with E-state index in [2.05, 4.69) is 0 Å². The zero-order valence-corrected chi connectivity index (χ0v) is 14.0. The van der Waals surface area contributed by atoms with Crippen LogP contribution in [0.15, 0.2) is 36.4 Å². The number of nitrogens with zero attached hydrogens (tertiary/aromatic N) is 2. The van der Waals surface area contributed by atoms with Crippen LogP contribution in [0, 0.1) is 19.7 Å². The maximum absolute atomic E-state index is 13.7. The van der Waals surface area contributed by atoms with Crippen molar-refractivity contribution < 1.29 is 9.18 Å². The van der Waals surface area contributed by atoms with E-state index >= 15 is 0 Å². The van der Waals surface area contributed by atoms with Crippen molar-refractivity contribution in [3.8, 4) is 0 Å². The molecule has 0 fully saturated rings. The standard InChI is InChI=1S/C18H21FN4O/c1-12-6-4-9-17(23(21)18(24)22(3)20)15(12)11-10-14-7-5-8-16(19)13(14)2/h4-11H,20-21H2,1-3H3/b11-10+. The molecule has 5 nitrogen and oxygen atoms in total. The Hall–Kier alpha value is -2.70. The van der Waals surface area contributed by atoms with Crippen molar-refractivity contribution in [2.45, 2.75) is 13.8 Å². The number of hydrogen-bond acceptors (Lipinski definition) is 3. The largest absolute Gasteiger partial charge is 0.352 e. The predicted molar refractivity (Wildman–Crippen MR) is 95.3 cm³/mol. The summed E-state index contributed by atoms with van der Waals surface area (Å²) in [6, 6.07) is 9.80. The summed E-state index contributed by atoms with van der Waals surface area (Å²) < 4.78 is 13.7. The number of aryl methyl sites for hydroxylation is 1. The number of hydrogen-bond donors (Lipinski definition) is 2. The third kappa shape index (κ3) is 3.61. The highest BCUT2D eigenvalue weighted by molar-refractivity contribution is 5.94. The molecule has 0 spiro atoms. The lowest BCUT2D eigenvalue weighted by Crippen LogP contribution is -2.48. The molecule has 0 saturated carbocycles. The fourth-order valence-electron chi connectivity index (χ4n) is 2.34. The molecule has 0 unspecified atom stereocenters. The van der Waals surface area contributed by atoms with Crippen molar-refractivity contribution in [3.63, 3.8) is 0 Å². The van der Waals surface area contributed by atoms with Crippen LogP contribution in [0.3, 0.4) is 0 Å². The lowest BCUT2D eigenvalue weighted by atomic mass is 10.0. The number of hydrazine groups is 2. The molecule has 126 valence electrons. The average Bonchev–Trinajstić information content (AvgIpc) is 2.55. The van der Waals surface area contributed by atoms with Gasteiger partial charge >= 0.3 is 6.03 Å². The second-order valence-corrected chi connectivity index (χ2v) is 5.56. The maximum atomic E-state index is 13.7. The van der Waals surface area contributed by atoms with Gasteiger partial charge in [0.1, 0.15) is 5.82 Å². The maximum Gasteiger partial charge on any atom is 0.352 e. The van der Waals surface area contributed by atoms with E-state index in [1.54, 1.807) is 31.2 Å². The molecule has 0 heterocycles. The summed E-state index contributed by atoms with van der Waals surface area (Å²) in [7, 11) is 1.42. The Labute approximate surface area is 140 Å². The number of nitrogens with two attached hydrogens (primary N) is 2. The van der Waals surface area contributed by atoms with Gasteiger partial charge in [-0.3, -0.25) is 5.01 Å². The monoisotopic (exact) mass is 328 g/mol. The van der Waals surface area contributed by atoms with Gasteiger partial charge in [0.05, 0.1) is 5.69 Å². The molecule has 24 heavy (non-hydrogen) atoms. The number of carbonyl (C=O) groups is 1. The molecule has 0 bridgehead atoms. The molecule has 0 aromatic heterocycles. The molecule has 2 aromatic carbocycles. The summed E-state index contributed by atoms with van der Waals surface area (Å²) in [5, 5.41) is 1.90. The first-order valence-electron chi connectivity index (χ1n) is 7.43. The van der Waals surface area contributed by atoms with Gasteiger partial charge in [-0.1, -0.05) is 36.4 Å². The number of anilines is 1. The van der Waals surface area contributed by atoms with Gasteiger partial charge in [-0.2, -0.15) is 0 Å². The van der Waals surface area contributed by atoms with Gasteiger partial charge < -0.3 is 0 Å². The Morgan fingerprint density at radius 1 is 1.08 bits per heavy atom. The van der Waals surface area contributed by atoms with Crippen LogP contribution >= 0.6 is 0 Å². The number of carbonyl (C=O) groups excluding carboxylic acids is 1. The number of rotatable bonds is 3. The molecule has 6 heteroatoms. The summed E-state index contributed by atoms with van der Waals surface area (Å²) in [6.07, 6.45) is 3.62. The average molecular weight is 328 g/mol. The van der Waals surface area contributed by atoms with Gasteiger partial charge in [0.25, 0.3) is 0 Å². The van der Waals surface area contributed by atoms with Crippen molar-refractivity contribution in [3.05, 3.63) is 64.5 Å². The van der Waals surface area contributed by atoms with Crippen LogP contribution in [0.2, 0.25) is 0 Å². The summed E-state index contributed by atoms with van der Waals surface area (Å²) in [5.74, 6) is 11.1.